The Bertz CT molecular complexity index is 602. The molecule has 0 radical (unpaired) electrons. The van der Waals surface area contributed by atoms with Gasteiger partial charge in [0.05, 0.1) is 30.5 Å². The Kier molecular flexibility index (Phi) is 5.35. The van der Waals surface area contributed by atoms with Gasteiger partial charge < -0.3 is 44.8 Å². The minimum Gasteiger partial charge on any atom is -0.478 e. The molecule has 146 valence electrons. The van der Waals surface area contributed by atoms with Gasteiger partial charge in [0.25, 0.3) is 0 Å². The molecule has 3 aliphatic rings. The van der Waals surface area contributed by atoms with Crippen LogP contribution in [0.25, 0.3) is 0 Å². The monoisotopic (exact) mass is 374 g/mol. The van der Waals surface area contributed by atoms with Gasteiger partial charge in [-0.25, -0.2) is 4.79 Å². The molecule has 1 saturated heterocycles. The molecule has 9 atom stereocenters. The molecule has 10 heteroatoms. The van der Waals surface area contributed by atoms with Crippen LogP contribution in [0.1, 0.15) is 6.42 Å². The summed E-state index contributed by atoms with van der Waals surface area (Å²) in [6, 6.07) is 0. The minimum absolute atomic E-state index is 0.0265. The van der Waals surface area contributed by atoms with Crippen LogP contribution in [0.4, 0.5) is 0 Å². The van der Waals surface area contributed by atoms with E-state index in [1.165, 1.54) is 0 Å². The Balaban J connectivity index is 1.81. The molecule has 10 nitrogen and oxygen atoms in total. The lowest BCUT2D eigenvalue weighted by Crippen LogP contribution is -2.60. The molecule has 0 bridgehead atoms. The van der Waals surface area contributed by atoms with E-state index in [0.29, 0.717) is 5.57 Å². The normalized spacial score (nSPS) is 45.7. The topological polar surface area (TPSA) is 166 Å². The second-order valence-corrected chi connectivity index (χ2v) is 6.67. The van der Waals surface area contributed by atoms with E-state index in [9.17, 15) is 35.4 Å². The van der Waals surface area contributed by atoms with Crippen LogP contribution in [0.15, 0.2) is 24.0 Å². The van der Waals surface area contributed by atoms with Crippen molar-refractivity contribution < 1.29 is 49.6 Å². The number of hydrogen-bond acceptors (Lipinski definition) is 9. The van der Waals surface area contributed by atoms with Crippen molar-refractivity contribution in [3.63, 3.8) is 0 Å². The largest absolute Gasteiger partial charge is 0.478 e. The summed E-state index contributed by atoms with van der Waals surface area (Å²) in [7, 11) is 0. The number of aliphatic carboxylic acids is 1. The first-order valence-electron chi connectivity index (χ1n) is 8.17. The minimum atomic E-state index is -1.63. The standard InChI is InChI=1S/C16H22O10/c1-5-8(18)2-6-7(14(22)23)4-24-15(10(5)6)26-16-13(21)12(20)11(19)9(3-17)25-16/h4,6,8-13,15-21H,1-3H2,(H,22,23)/t6?,8?,9-,10?,11-,12+,13-,15?,16+/m1/s1. The zero-order valence-corrected chi connectivity index (χ0v) is 13.7. The molecule has 26 heavy (non-hydrogen) atoms. The van der Waals surface area contributed by atoms with Crippen molar-refractivity contribution in [2.24, 2.45) is 11.8 Å². The summed E-state index contributed by atoms with van der Waals surface area (Å²) in [6.45, 7) is 3.16. The lowest BCUT2D eigenvalue weighted by atomic mass is 9.85. The summed E-state index contributed by atoms with van der Waals surface area (Å²) >= 11 is 0. The highest BCUT2D eigenvalue weighted by atomic mass is 16.8. The summed E-state index contributed by atoms with van der Waals surface area (Å²) in [5, 5.41) is 58.3. The third kappa shape index (κ3) is 3.14. The summed E-state index contributed by atoms with van der Waals surface area (Å²) in [6.07, 6.45) is -8.28. The van der Waals surface area contributed by atoms with Gasteiger partial charge in [0, 0.05) is 5.92 Å². The van der Waals surface area contributed by atoms with Crippen LogP contribution in [-0.4, -0.2) is 86.3 Å². The lowest BCUT2D eigenvalue weighted by Gasteiger charge is -2.42. The van der Waals surface area contributed by atoms with Gasteiger partial charge in [-0.2, -0.15) is 0 Å². The molecule has 2 aliphatic heterocycles. The van der Waals surface area contributed by atoms with Gasteiger partial charge in [-0.15, -0.1) is 0 Å². The highest BCUT2D eigenvalue weighted by Crippen LogP contribution is 2.46. The third-order valence-corrected chi connectivity index (χ3v) is 5.15. The highest BCUT2D eigenvalue weighted by Gasteiger charge is 2.51. The Morgan fingerprint density at radius 1 is 1.19 bits per heavy atom. The molecule has 0 aromatic heterocycles. The van der Waals surface area contributed by atoms with E-state index >= 15 is 0 Å². The quantitative estimate of drug-likeness (QED) is 0.294. The number of hydrogen-bond donors (Lipinski definition) is 6. The second-order valence-electron chi connectivity index (χ2n) is 6.67. The van der Waals surface area contributed by atoms with E-state index in [2.05, 4.69) is 6.58 Å². The van der Waals surface area contributed by atoms with Gasteiger partial charge in [0.2, 0.25) is 6.29 Å². The van der Waals surface area contributed by atoms with E-state index in [4.69, 9.17) is 14.2 Å². The van der Waals surface area contributed by atoms with Crippen LogP contribution in [0.2, 0.25) is 0 Å². The molecule has 6 N–H and O–H groups in total. The highest BCUT2D eigenvalue weighted by molar-refractivity contribution is 5.87. The summed E-state index contributed by atoms with van der Waals surface area (Å²) in [4.78, 5) is 11.4. The van der Waals surface area contributed by atoms with Crippen LogP contribution in [0.5, 0.6) is 0 Å². The van der Waals surface area contributed by atoms with E-state index in [1.54, 1.807) is 0 Å². The molecule has 0 aromatic carbocycles. The van der Waals surface area contributed by atoms with Crippen LogP contribution in [-0.2, 0) is 19.0 Å². The maximum Gasteiger partial charge on any atom is 0.334 e. The molecule has 0 spiro atoms. The van der Waals surface area contributed by atoms with E-state index in [-0.39, 0.29) is 12.0 Å². The number of aliphatic hydroxyl groups is 5. The second kappa shape index (κ2) is 7.24. The van der Waals surface area contributed by atoms with Gasteiger partial charge >= 0.3 is 5.97 Å². The summed E-state index contributed by atoms with van der Waals surface area (Å²) in [5.74, 6) is -2.49. The number of ether oxygens (including phenoxy) is 3. The van der Waals surface area contributed by atoms with E-state index in [0.717, 1.165) is 6.26 Å². The molecule has 2 fully saturated rings. The zero-order chi connectivity index (χ0) is 19.2. The Hall–Kier alpha value is -1.53. The Labute approximate surface area is 148 Å². The first-order valence-corrected chi connectivity index (χ1v) is 8.17. The number of carbonyl (C=O) groups is 1. The number of carboxylic acids is 1. The van der Waals surface area contributed by atoms with Crippen LogP contribution >= 0.6 is 0 Å². The fraction of sp³-hybridized carbons (Fsp3) is 0.688. The average molecular weight is 374 g/mol. The fourth-order valence-corrected chi connectivity index (χ4v) is 3.65. The third-order valence-electron chi connectivity index (χ3n) is 5.15. The number of fused-ring (bicyclic) bond motifs is 1. The first-order chi connectivity index (χ1) is 12.3. The van der Waals surface area contributed by atoms with Crippen molar-refractivity contribution in [1.82, 2.24) is 0 Å². The predicted octanol–water partition coefficient (Wildman–Crippen LogP) is -2.32. The van der Waals surface area contributed by atoms with Crippen LogP contribution < -0.4 is 0 Å². The van der Waals surface area contributed by atoms with Gasteiger partial charge in [0.1, 0.15) is 24.4 Å². The molecular formula is C16H22O10. The van der Waals surface area contributed by atoms with Crippen molar-refractivity contribution in [2.75, 3.05) is 6.61 Å². The summed E-state index contributed by atoms with van der Waals surface area (Å²) in [5.41, 5.74) is 0.304. The first kappa shape index (κ1) is 19.2. The Morgan fingerprint density at radius 3 is 2.50 bits per heavy atom. The lowest BCUT2D eigenvalue weighted by molar-refractivity contribution is -0.339. The maximum atomic E-state index is 11.4. The zero-order valence-electron chi connectivity index (χ0n) is 13.7. The number of rotatable bonds is 4. The van der Waals surface area contributed by atoms with Crippen LogP contribution in [0.3, 0.4) is 0 Å². The smallest absolute Gasteiger partial charge is 0.334 e. The molecule has 2 heterocycles. The maximum absolute atomic E-state index is 11.4. The average Bonchev–Trinajstić information content (AvgIpc) is 2.90. The number of aliphatic hydroxyl groups excluding tert-OH is 5. The van der Waals surface area contributed by atoms with Gasteiger partial charge in [-0.3, -0.25) is 0 Å². The van der Waals surface area contributed by atoms with Crippen molar-refractivity contribution in [2.45, 2.75) is 49.5 Å². The molecule has 3 rings (SSSR count). The Morgan fingerprint density at radius 2 is 1.88 bits per heavy atom. The molecule has 0 aromatic rings. The van der Waals surface area contributed by atoms with Crippen molar-refractivity contribution in [3.05, 3.63) is 24.0 Å². The predicted molar refractivity (Wildman–Crippen MR) is 82.2 cm³/mol. The molecule has 4 unspecified atom stereocenters. The molecular weight excluding hydrogens is 352 g/mol. The van der Waals surface area contributed by atoms with Crippen molar-refractivity contribution in [1.29, 1.82) is 0 Å². The molecule has 1 aliphatic carbocycles. The van der Waals surface area contributed by atoms with Gasteiger partial charge in [-0.1, -0.05) is 6.58 Å². The van der Waals surface area contributed by atoms with Crippen molar-refractivity contribution in [3.8, 4) is 0 Å². The van der Waals surface area contributed by atoms with Crippen molar-refractivity contribution >= 4 is 5.97 Å². The fourth-order valence-electron chi connectivity index (χ4n) is 3.65. The number of carboxylic acid groups (broad SMARTS) is 1. The molecule has 0 amide bonds. The summed E-state index contributed by atoms with van der Waals surface area (Å²) < 4.78 is 16.2. The van der Waals surface area contributed by atoms with Gasteiger partial charge in [-0.05, 0) is 12.0 Å². The van der Waals surface area contributed by atoms with E-state index < -0.39 is 67.5 Å². The SMILES string of the molecule is C=C1C(O)CC2C(C(=O)O)=COC(O[C@@H]3O[C@H](CO)[C@@H](O)[C@H](O)[C@H]3O)C12. The van der Waals surface area contributed by atoms with E-state index in [1.807, 2.05) is 0 Å². The van der Waals surface area contributed by atoms with Crippen LogP contribution in [0, 0.1) is 11.8 Å². The molecule has 1 saturated carbocycles. The van der Waals surface area contributed by atoms with Gasteiger partial charge in [0.15, 0.2) is 6.29 Å².